The molecule has 0 saturated carbocycles. The Morgan fingerprint density at radius 1 is 1.11 bits per heavy atom. The maximum absolute atomic E-state index is 12.1. The number of fused-ring (bicyclic) bond motifs is 1. The number of amides is 2. The Labute approximate surface area is 161 Å². The van der Waals surface area contributed by atoms with Crippen molar-refractivity contribution in [1.29, 1.82) is 0 Å². The summed E-state index contributed by atoms with van der Waals surface area (Å²) in [6.07, 6.45) is 1.07. The van der Waals surface area contributed by atoms with Crippen LogP contribution in [0.15, 0.2) is 42.5 Å². The third-order valence-electron chi connectivity index (χ3n) is 4.03. The van der Waals surface area contributed by atoms with E-state index in [1.807, 2.05) is 42.5 Å². The minimum absolute atomic E-state index is 0.00848. The van der Waals surface area contributed by atoms with E-state index in [2.05, 4.69) is 15.6 Å². The molecule has 7 heteroatoms. The normalized spacial score (nSPS) is 10.6. The van der Waals surface area contributed by atoms with Crippen molar-refractivity contribution < 1.29 is 14.3 Å². The highest BCUT2D eigenvalue weighted by molar-refractivity contribution is 7.22. The maximum Gasteiger partial charge on any atom is 0.223 e. The third-order valence-corrected chi connectivity index (χ3v) is 4.96. The number of benzene rings is 2. The predicted molar refractivity (Wildman–Crippen MR) is 107 cm³/mol. The summed E-state index contributed by atoms with van der Waals surface area (Å²) in [5.41, 5.74) is 2.94. The second-order valence-corrected chi connectivity index (χ2v) is 7.16. The van der Waals surface area contributed by atoms with Crippen molar-refractivity contribution in [1.82, 2.24) is 10.3 Å². The molecule has 2 amide bonds. The van der Waals surface area contributed by atoms with Gasteiger partial charge >= 0.3 is 0 Å². The molecule has 0 atom stereocenters. The van der Waals surface area contributed by atoms with Gasteiger partial charge in [0.25, 0.3) is 0 Å². The Bertz CT molecular complexity index is 951. The number of nitrogens with one attached hydrogen (secondary N) is 2. The third kappa shape index (κ3) is 5.27. The fraction of sp³-hybridized carbons (Fsp3) is 0.250. The zero-order chi connectivity index (χ0) is 19.2. The van der Waals surface area contributed by atoms with E-state index in [0.29, 0.717) is 24.5 Å². The van der Waals surface area contributed by atoms with Crippen LogP contribution in [0.25, 0.3) is 10.2 Å². The molecule has 2 aromatic carbocycles. The summed E-state index contributed by atoms with van der Waals surface area (Å²) in [7, 11) is 1.63. The largest absolute Gasteiger partial charge is 0.497 e. The van der Waals surface area contributed by atoms with E-state index >= 15 is 0 Å². The van der Waals surface area contributed by atoms with Crippen molar-refractivity contribution >= 4 is 38.5 Å². The lowest BCUT2D eigenvalue weighted by atomic mass is 10.1. The number of aromatic nitrogens is 1. The number of anilines is 1. The predicted octanol–water partition coefficient (Wildman–Crippen LogP) is 3.51. The minimum atomic E-state index is -0.136. The molecule has 1 aromatic heterocycles. The lowest BCUT2D eigenvalue weighted by molar-refractivity contribution is -0.121. The molecule has 0 radical (unpaired) electrons. The number of hydrogen-bond donors (Lipinski definition) is 2. The molecule has 3 aromatic rings. The monoisotopic (exact) mass is 383 g/mol. The van der Waals surface area contributed by atoms with Gasteiger partial charge in [-0.25, -0.2) is 4.98 Å². The Balaban J connectivity index is 1.52. The van der Waals surface area contributed by atoms with Crippen molar-refractivity contribution in [2.24, 2.45) is 0 Å². The summed E-state index contributed by atoms with van der Waals surface area (Å²) >= 11 is 1.43. The number of carbonyl (C=O) groups excluding carboxylic acids is 2. The number of carbonyl (C=O) groups is 2. The van der Waals surface area contributed by atoms with Gasteiger partial charge in [0.05, 0.1) is 17.3 Å². The number of thiazole rings is 1. The summed E-state index contributed by atoms with van der Waals surface area (Å²) in [5.74, 6) is 0.669. The molecular formula is C20H21N3O3S. The van der Waals surface area contributed by atoms with Crippen molar-refractivity contribution in [2.45, 2.75) is 26.3 Å². The highest BCUT2D eigenvalue weighted by Crippen LogP contribution is 2.27. The van der Waals surface area contributed by atoms with Gasteiger partial charge in [-0.15, -0.1) is 0 Å². The van der Waals surface area contributed by atoms with Crippen LogP contribution >= 0.6 is 11.3 Å². The van der Waals surface area contributed by atoms with E-state index in [9.17, 15) is 9.59 Å². The minimum Gasteiger partial charge on any atom is -0.497 e. The molecule has 0 spiro atoms. The molecule has 27 heavy (non-hydrogen) atoms. The topological polar surface area (TPSA) is 80.3 Å². The number of hydrogen-bond acceptors (Lipinski definition) is 5. The second kappa shape index (κ2) is 8.64. The van der Waals surface area contributed by atoms with Crippen LogP contribution in [0.5, 0.6) is 5.75 Å². The molecule has 0 aliphatic rings. The summed E-state index contributed by atoms with van der Waals surface area (Å²) in [6.45, 7) is 1.96. The van der Waals surface area contributed by atoms with E-state index in [1.54, 1.807) is 7.11 Å². The number of nitrogens with zero attached hydrogens (tertiary/aromatic N) is 1. The molecule has 1 heterocycles. The van der Waals surface area contributed by atoms with Crippen LogP contribution in [0, 0.1) is 0 Å². The number of methoxy groups -OCH3 is 1. The molecular weight excluding hydrogens is 362 g/mol. The van der Waals surface area contributed by atoms with Crippen molar-refractivity contribution in [2.75, 3.05) is 12.4 Å². The lowest BCUT2D eigenvalue weighted by Crippen LogP contribution is -2.22. The highest BCUT2D eigenvalue weighted by Gasteiger charge is 2.08. The van der Waals surface area contributed by atoms with Gasteiger partial charge in [-0.3, -0.25) is 9.59 Å². The first-order valence-corrected chi connectivity index (χ1v) is 9.42. The van der Waals surface area contributed by atoms with Gasteiger partial charge in [0.15, 0.2) is 5.13 Å². The van der Waals surface area contributed by atoms with E-state index in [0.717, 1.165) is 27.1 Å². The molecule has 0 saturated heterocycles. The standard InChI is InChI=1S/C20H21N3O3S/c1-13(24)22-20-23-17-9-5-14(11-18(17)27-20)6-10-19(25)21-12-15-3-7-16(26-2)8-4-15/h3-5,7-9,11H,6,10,12H2,1-2H3,(H,21,25)(H,22,23,24). The van der Waals surface area contributed by atoms with Crippen molar-refractivity contribution in [3.8, 4) is 5.75 Å². The van der Waals surface area contributed by atoms with Crippen LogP contribution in [0.1, 0.15) is 24.5 Å². The summed E-state index contributed by atoms with van der Waals surface area (Å²) < 4.78 is 6.12. The van der Waals surface area contributed by atoms with Gasteiger partial charge in [0, 0.05) is 19.9 Å². The highest BCUT2D eigenvalue weighted by atomic mass is 32.1. The van der Waals surface area contributed by atoms with Crippen molar-refractivity contribution in [3.63, 3.8) is 0 Å². The Morgan fingerprint density at radius 3 is 2.56 bits per heavy atom. The number of ether oxygens (including phenoxy) is 1. The average molecular weight is 383 g/mol. The van der Waals surface area contributed by atoms with Crippen molar-refractivity contribution in [3.05, 3.63) is 53.6 Å². The fourth-order valence-electron chi connectivity index (χ4n) is 2.62. The van der Waals surface area contributed by atoms with Crippen LogP contribution in [0.4, 0.5) is 5.13 Å². The molecule has 0 unspecified atom stereocenters. The van der Waals surface area contributed by atoms with E-state index in [-0.39, 0.29) is 11.8 Å². The van der Waals surface area contributed by atoms with Gasteiger partial charge in [-0.1, -0.05) is 29.5 Å². The Hall–Kier alpha value is -2.93. The lowest BCUT2D eigenvalue weighted by Gasteiger charge is -2.06. The summed E-state index contributed by atoms with van der Waals surface area (Å²) in [4.78, 5) is 27.6. The molecule has 0 fully saturated rings. The number of rotatable bonds is 7. The van der Waals surface area contributed by atoms with Gasteiger partial charge < -0.3 is 15.4 Å². The molecule has 0 bridgehead atoms. The van der Waals surface area contributed by atoms with Crippen LogP contribution < -0.4 is 15.4 Å². The molecule has 6 nitrogen and oxygen atoms in total. The van der Waals surface area contributed by atoms with Crippen LogP contribution in [0.2, 0.25) is 0 Å². The van der Waals surface area contributed by atoms with Crippen LogP contribution in [0.3, 0.4) is 0 Å². The van der Waals surface area contributed by atoms with Gasteiger partial charge in [-0.05, 0) is 41.8 Å². The van der Waals surface area contributed by atoms with E-state index in [1.165, 1.54) is 18.3 Å². The quantitative estimate of drug-likeness (QED) is 0.654. The first-order chi connectivity index (χ1) is 13.0. The molecule has 3 rings (SSSR count). The molecule has 140 valence electrons. The first kappa shape index (κ1) is 18.8. The molecule has 0 aliphatic carbocycles. The van der Waals surface area contributed by atoms with E-state index < -0.39 is 0 Å². The fourth-order valence-corrected chi connectivity index (χ4v) is 3.59. The summed E-state index contributed by atoms with van der Waals surface area (Å²) in [5, 5.41) is 6.22. The SMILES string of the molecule is COc1ccc(CNC(=O)CCc2ccc3nc(NC(C)=O)sc3c2)cc1. The molecule has 0 aliphatic heterocycles. The smallest absolute Gasteiger partial charge is 0.223 e. The van der Waals surface area contributed by atoms with E-state index in [4.69, 9.17) is 4.74 Å². The Kier molecular flexibility index (Phi) is 6.03. The van der Waals surface area contributed by atoms with Crippen LogP contribution in [-0.4, -0.2) is 23.9 Å². The second-order valence-electron chi connectivity index (χ2n) is 6.13. The maximum atomic E-state index is 12.1. The Morgan fingerprint density at radius 2 is 1.85 bits per heavy atom. The van der Waals surface area contributed by atoms with Gasteiger partial charge in [0.1, 0.15) is 5.75 Å². The molecule has 2 N–H and O–H groups in total. The summed E-state index contributed by atoms with van der Waals surface area (Å²) in [6, 6.07) is 13.5. The average Bonchev–Trinajstić information content (AvgIpc) is 3.05. The van der Waals surface area contributed by atoms with Gasteiger partial charge in [-0.2, -0.15) is 0 Å². The first-order valence-electron chi connectivity index (χ1n) is 8.60. The zero-order valence-electron chi connectivity index (χ0n) is 15.2. The van der Waals surface area contributed by atoms with Crippen LogP contribution in [-0.2, 0) is 22.6 Å². The number of aryl methyl sites for hydroxylation is 1. The zero-order valence-corrected chi connectivity index (χ0v) is 16.1. The van der Waals surface area contributed by atoms with Gasteiger partial charge in [0.2, 0.25) is 11.8 Å².